The molecule has 0 aliphatic carbocycles. The molecular weight excluding hydrogens is 324 g/mol. The largest absolute Gasteiger partial charge is 0.432 e. The van der Waals surface area contributed by atoms with Crippen LogP contribution in [0.2, 0.25) is 0 Å². The van der Waals surface area contributed by atoms with Gasteiger partial charge in [0.05, 0.1) is 11.4 Å². The van der Waals surface area contributed by atoms with Gasteiger partial charge in [0.1, 0.15) is 0 Å². The summed E-state index contributed by atoms with van der Waals surface area (Å²) in [5.74, 6) is 0. The summed E-state index contributed by atoms with van der Waals surface area (Å²) >= 11 is 0. The molecular formula is C16H20N6O3. The number of hydrazine groups is 4. The summed E-state index contributed by atoms with van der Waals surface area (Å²) in [7, 11) is 0. The zero-order valence-corrected chi connectivity index (χ0v) is 13.8. The first kappa shape index (κ1) is 18.0. The third-order valence-corrected chi connectivity index (χ3v) is 3.03. The predicted octanol–water partition coefficient (Wildman–Crippen LogP) is 2.10. The Morgan fingerprint density at radius 2 is 1.04 bits per heavy atom. The fourth-order valence-corrected chi connectivity index (χ4v) is 1.72. The van der Waals surface area contributed by atoms with Gasteiger partial charge in [-0.05, 0) is 38.1 Å². The van der Waals surface area contributed by atoms with Gasteiger partial charge in [-0.15, -0.1) is 11.1 Å². The molecule has 0 fully saturated rings. The van der Waals surface area contributed by atoms with E-state index < -0.39 is 12.2 Å². The first-order valence-electron chi connectivity index (χ1n) is 7.46. The number of ether oxygens (including phenoxy) is 1. The van der Waals surface area contributed by atoms with Crippen molar-refractivity contribution in [1.29, 1.82) is 0 Å². The van der Waals surface area contributed by atoms with Gasteiger partial charge >= 0.3 is 12.2 Å². The normalized spacial score (nSPS) is 9.84. The fraction of sp³-hybridized carbons (Fsp3) is 0.125. The predicted molar refractivity (Wildman–Crippen MR) is 94.0 cm³/mol. The molecule has 25 heavy (non-hydrogen) atoms. The Balaban J connectivity index is 1.60. The van der Waals surface area contributed by atoms with Gasteiger partial charge in [-0.2, -0.15) is 0 Å². The molecule has 132 valence electrons. The summed E-state index contributed by atoms with van der Waals surface area (Å²) in [5.41, 5.74) is 18.3. The number of hydrogen-bond acceptors (Lipinski definition) is 7. The molecule has 6 N–H and O–H groups in total. The van der Waals surface area contributed by atoms with Crippen LogP contribution in [0, 0.1) is 13.8 Å². The number of carbonyl (C=O) groups is 2. The Hall–Kier alpha value is -3.30. The highest BCUT2D eigenvalue weighted by atomic mass is 16.6. The lowest BCUT2D eigenvalue weighted by Crippen LogP contribution is -2.46. The van der Waals surface area contributed by atoms with Gasteiger partial charge in [-0.1, -0.05) is 35.4 Å². The number of hydrogen-bond donors (Lipinski definition) is 6. The zero-order chi connectivity index (χ0) is 18.1. The lowest BCUT2D eigenvalue weighted by molar-refractivity contribution is 0.145. The maximum absolute atomic E-state index is 11.4. The van der Waals surface area contributed by atoms with Crippen molar-refractivity contribution in [3.63, 3.8) is 0 Å². The van der Waals surface area contributed by atoms with E-state index in [1.165, 1.54) is 0 Å². The second-order valence-corrected chi connectivity index (χ2v) is 5.16. The van der Waals surface area contributed by atoms with Crippen molar-refractivity contribution in [2.45, 2.75) is 13.8 Å². The highest BCUT2D eigenvalue weighted by molar-refractivity contribution is 5.83. The first-order valence-corrected chi connectivity index (χ1v) is 7.46. The van der Waals surface area contributed by atoms with Crippen LogP contribution in [0.5, 0.6) is 0 Å². The van der Waals surface area contributed by atoms with Crippen LogP contribution in [0.15, 0.2) is 48.5 Å². The Morgan fingerprint density at radius 3 is 1.40 bits per heavy atom. The molecule has 0 atom stereocenters. The standard InChI is InChI=1S/C16H20N6O3/c1-11-3-7-13(8-4-11)17-21-19-15(23)25-16(24)20-22-18-14-9-5-12(2)6-10-14/h3-10,17-18,21-22H,1-2H3,(H,19,23)(H,20,24). The topological polar surface area (TPSA) is 116 Å². The van der Waals surface area contributed by atoms with Crippen molar-refractivity contribution in [3.8, 4) is 0 Å². The minimum absolute atomic E-state index is 0.735. The molecule has 0 saturated heterocycles. The van der Waals surface area contributed by atoms with Crippen LogP contribution in [0.1, 0.15) is 11.1 Å². The second kappa shape index (κ2) is 9.11. The fourth-order valence-electron chi connectivity index (χ4n) is 1.72. The zero-order valence-electron chi connectivity index (χ0n) is 13.8. The summed E-state index contributed by atoms with van der Waals surface area (Å²) in [5, 5.41) is 0. The molecule has 2 amide bonds. The average Bonchev–Trinajstić information content (AvgIpc) is 2.58. The van der Waals surface area contributed by atoms with Gasteiger partial charge in [0.25, 0.3) is 0 Å². The molecule has 0 radical (unpaired) electrons. The maximum Gasteiger partial charge on any atom is 0.432 e. The number of benzene rings is 2. The quantitative estimate of drug-likeness (QED) is 0.351. The second-order valence-electron chi connectivity index (χ2n) is 5.16. The molecule has 2 rings (SSSR count). The van der Waals surface area contributed by atoms with E-state index in [9.17, 15) is 9.59 Å². The van der Waals surface area contributed by atoms with Gasteiger partial charge in [-0.3, -0.25) is 0 Å². The van der Waals surface area contributed by atoms with Crippen LogP contribution in [0.25, 0.3) is 0 Å². The van der Waals surface area contributed by atoms with Gasteiger partial charge < -0.3 is 15.6 Å². The van der Waals surface area contributed by atoms with Crippen LogP contribution >= 0.6 is 0 Å². The summed E-state index contributed by atoms with van der Waals surface area (Å²) < 4.78 is 4.46. The smallest absolute Gasteiger partial charge is 0.357 e. The summed E-state index contributed by atoms with van der Waals surface area (Å²) in [6, 6.07) is 14.9. The molecule has 9 nitrogen and oxygen atoms in total. The average molecular weight is 344 g/mol. The van der Waals surface area contributed by atoms with Crippen molar-refractivity contribution >= 4 is 23.6 Å². The van der Waals surface area contributed by atoms with Crippen molar-refractivity contribution in [2.24, 2.45) is 0 Å². The number of rotatable bonds is 6. The van der Waals surface area contributed by atoms with Crippen LogP contribution in [-0.4, -0.2) is 12.2 Å². The van der Waals surface area contributed by atoms with Crippen LogP contribution in [0.3, 0.4) is 0 Å². The Bertz CT molecular complexity index is 641. The number of anilines is 2. The molecule has 9 heteroatoms. The van der Waals surface area contributed by atoms with E-state index >= 15 is 0 Å². The highest BCUT2D eigenvalue weighted by Gasteiger charge is 2.08. The van der Waals surface area contributed by atoms with E-state index in [1.807, 2.05) is 62.4 Å². The Labute approximate surface area is 145 Å². The lowest BCUT2D eigenvalue weighted by Gasteiger charge is -2.11. The van der Waals surface area contributed by atoms with Crippen LogP contribution < -0.4 is 32.8 Å². The number of nitrogens with one attached hydrogen (secondary N) is 6. The number of amides is 2. The van der Waals surface area contributed by atoms with Crippen LogP contribution in [0.4, 0.5) is 21.0 Å². The molecule has 0 unspecified atom stereocenters. The van der Waals surface area contributed by atoms with Gasteiger partial charge in [0, 0.05) is 0 Å². The van der Waals surface area contributed by atoms with Gasteiger partial charge in [0.15, 0.2) is 0 Å². The molecule has 2 aromatic rings. The molecule has 0 aromatic heterocycles. The third kappa shape index (κ3) is 6.77. The number of carbonyl (C=O) groups excluding carboxylic acids is 2. The van der Waals surface area contributed by atoms with E-state index in [-0.39, 0.29) is 0 Å². The summed E-state index contributed by atoms with van der Waals surface area (Å²) in [4.78, 5) is 22.8. The molecule has 0 heterocycles. The molecule has 0 bridgehead atoms. The molecule has 0 aliphatic rings. The van der Waals surface area contributed by atoms with Crippen molar-refractivity contribution in [3.05, 3.63) is 59.7 Å². The Morgan fingerprint density at radius 1 is 0.680 bits per heavy atom. The van der Waals surface area contributed by atoms with Gasteiger partial charge in [0.2, 0.25) is 0 Å². The SMILES string of the molecule is Cc1ccc(NNNC(=O)OC(=O)NNNc2ccc(C)cc2)cc1. The third-order valence-electron chi connectivity index (χ3n) is 3.03. The van der Waals surface area contributed by atoms with Gasteiger partial charge in [-0.25, -0.2) is 20.4 Å². The molecule has 0 spiro atoms. The molecule has 2 aromatic carbocycles. The molecule has 0 aliphatic heterocycles. The van der Waals surface area contributed by atoms with E-state index in [4.69, 9.17) is 0 Å². The maximum atomic E-state index is 11.4. The van der Waals surface area contributed by atoms with Crippen molar-refractivity contribution in [2.75, 3.05) is 10.9 Å². The van der Waals surface area contributed by atoms with E-state index in [0.29, 0.717) is 0 Å². The van der Waals surface area contributed by atoms with E-state index in [2.05, 4.69) is 37.5 Å². The lowest BCUT2D eigenvalue weighted by atomic mass is 10.2. The van der Waals surface area contributed by atoms with E-state index in [0.717, 1.165) is 22.5 Å². The molecule has 0 saturated carbocycles. The van der Waals surface area contributed by atoms with Crippen molar-refractivity contribution < 1.29 is 14.3 Å². The highest BCUT2D eigenvalue weighted by Crippen LogP contribution is 2.07. The minimum atomic E-state index is -0.978. The van der Waals surface area contributed by atoms with Crippen molar-refractivity contribution in [1.82, 2.24) is 21.9 Å². The first-order chi connectivity index (χ1) is 12.0. The van der Waals surface area contributed by atoms with E-state index in [1.54, 1.807) is 0 Å². The minimum Gasteiger partial charge on any atom is -0.357 e. The Kier molecular flexibility index (Phi) is 6.57. The monoisotopic (exact) mass is 344 g/mol. The summed E-state index contributed by atoms with van der Waals surface area (Å²) in [6.07, 6.45) is -1.96. The van der Waals surface area contributed by atoms with Crippen LogP contribution in [-0.2, 0) is 4.74 Å². The number of aryl methyl sites for hydroxylation is 2. The summed E-state index contributed by atoms with van der Waals surface area (Å²) in [6.45, 7) is 3.93.